The van der Waals surface area contributed by atoms with E-state index < -0.39 is 0 Å². The first-order valence-corrected chi connectivity index (χ1v) is 8.91. The number of benzene rings is 2. The molecule has 0 amide bonds. The Bertz CT molecular complexity index is 896. The maximum absolute atomic E-state index is 13.7. The molecule has 1 aromatic heterocycles. The summed E-state index contributed by atoms with van der Waals surface area (Å²) in [6.45, 7) is 2.37. The van der Waals surface area contributed by atoms with Crippen molar-refractivity contribution in [2.45, 2.75) is 19.4 Å². The fraction of sp³-hybridized carbons (Fsp3) is 0.238. The lowest BCUT2D eigenvalue weighted by molar-refractivity contribution is 0.610. The lowest BCUT2D eigenvalue weighted by Crippen LogP contribution is -2.31. The first-order chi connectivity index (χ1) is 12.8. The summed E-state index contributed by atoms with van der Waals surface area (Å²) < 4.78 is 13.7. The van der Waals surface area contributed by atoms with Crippen molar-refractivity contribution in [2.24, 2.45) is 0 Å². The zero-order valence-corrected chi connectivity index (χ0v) is 14.5. The average molecular weight is 348 g/mol. The Morgan fingerprint density at radius 3 is 2.69 bits per heavy atom. The van der Waals surface area contributed by atoms with Gasteiger partial charge in [0.25, 0.3) is 0 Å². The van der Waals surface area contributed by atoms with Crippen LogP contribution in [0, 0.1) is 5.82 Å². The highest BCUT2D eigenvalue weighted by molar-refractivity contribution is 5.44. The van der Waals surface area contributed by atoms with E-state index in [4.69, 9.17) is 0 Å². The molecule has 3 aromatic rings. The molecule has 0 bridgehead atoms. The number of anilines is 2. The summed E-state index contributed by atoms with van der Waals surface area (Å²) in [5.41, 5.74) is 3.45. The first-order valence-electron chi connectivity index (χ1n) is 8.91. The molecule has 0 radical (unpaired) electrons. The van der Waals surface area contributed by atoms with Crippen molar-refractivity contribution in [3.05, 3.63) is 83.3 Å². The van der Waals surface area contributed by atoms with Crippen LogP contribution in [-0.4, -0.2) is 23.1 Å². The van der Waals surface area contributed by atoms with Crippen LogP contribution in [0.5, 0.6) is 0 Å². The summed E-state index contributed by atoms with van der Waals surface area (Å²) in [6, 6.07) is 17.2. The molecule has 0 unspecified atom stereocenters. The Kier molecular flexibility index (Phi) is 4.78. The summed E-state index contributed by atoms with van der Waals surface area (Å²) >= 11 is 0. The minimum atomic E-state index is -0.162. The number of hydrogen-bond acceptors (Lipinski definition) is 4. The van der Waals surface area contributed by atoms with Gasteiger partial charge in [-0.2, -0.15) is 4.98 Å². The number of fused-ring (bicyclic) bond motifs is 1. The van der Waals surface area contributed by atoms with E-state index in [1.807, 2.05) is 18.2 Å². The van der Waals surface area contributed by atoms with Crippen LogP contribution in [-0.2, 0) is 19.4 Å². The molecule has 1 aliphatic rings. The molecular formula is C21H21FN4. The van der Waals surface area contributed by atoms with Gasteiger partial charge >= 0.3 is 0 Å². The second kappa shape index (κ2) is 7.52. The van der Waals surface area contributed by atoms with E-state index in [1.54, 1.807) is 12.3 Å². The van der Waals surface area contributed by atoms with Gasteiger partial charge in [0.05, 0.1) is 0 Å². The monoisotopic (exact) mass is 348 g/mol. The van der Waals surface area contributed by atoms with Gasteiger partial charge in [-0.15, -0.1) is 0 Å². The number of halogens is 1. The minimum Gasteiger partial charge on any atom is -0.370 e. The number of nitrogens with zero attached hydrogens (tertiary/aromatic N) is 3. The molecule has 4 nitrogen and oxygen atoms in total. The Morgan fingerprint density at radius 1 is 1.00 bits per heavy atom. The van der Waals surface area contributed by atoms with Gasteiger partial charge in [-0.05, 0) is 41.7 Å². The predicted octanol–water partition coefficient (Wildman–Crippen LogP) is 3.83. The van der Waals surface area contributed by atoms with E-state index in [0.29, 0.717) is 18.5 Å². The zero-order chi connectivity index (χ0) is 17.8. The predicted molar refractivity (Wildman–Crippen MR) is 102 cm³/mol. The van der Waals surface area contributed by atoms with Gasteiger partial charge in [0.15, 0.2) is 0 Å². The number of nitrogens with one attached hydrogen (secondary N) is 1. The normalized spacial score (nSPS) is 13.3. The standard InChI is InChI=1S/C21H21FN4/c22-19-8-4-3-6-17(19)9-12-23-20-10-13-24-21(25-20)26-14-11-16-5-1-2-7-18(16)15-26/h1-8,10,13H,9,11-12,14-15H2,(H,23,24,25). The van der Waals surface area contributed by atoms with Gasteiger partial charge in [-0.25, -0.2) is 9.37 Å². The minimum absolute atomic E-state index is 0.162. The molecule has 0 saturated heterocycles. The molecule has 5 heteroatoms. The van der Waals surface area contributed by atoms with Crippen LogP contribution in [0.15, 0.2) is 60.8 Å². The van der Waals surface area contributed by atoms with Gasteiger partial charge in [0.1, 0.15) is 11.6 Å². The Hall–Kier alpha value is -2.95. The van der Waals surface area contributed by atoms with E-state index >= 15 is 0 Å². The third-order valence-corrected chi connectivity index (χ3v) is 4.71. The van der Waals surface area contributed by atoms with Crippen LogP contribution in [0.3, 0.4) is 0 Å². The first kappa shape index (κ1) is 16.5. The van der Waals surface area contributed by atoms with Crippen molar-refractivity contribution >= 4 is 11.8 Å². The van der Waals surface area contributed by atoms with Crippen molar-refractivity contribution in [1.29, 1.82) is 0 Å². The van der Waals surface area contributed by atoms with Gasteiger partial charge in [-0.1, -0.05) is 42.5 Å². The van der Waals surface area contributed by atoms with Crippen molar-refractivity contribution in [3.63, 3.8) is 0 Å². The van der Waals surface area contributed by atoms with Crippen molar-refractivity contribution in [2.75, 3.05) is 23.3 Å². The molecule has 4 rings (SSSR count). The van der Waals surface area contributed by atoms with Crippen LogP contribution in [0.1, 0.15) is 16.7 Å². The highest BCUT2D eigenvalue weighted by Gasteiger charge is 2.18. The molecule has 2 aromatic carbocycles. The summed E-state index contributed by atoms with van der Waals surface area (Å²) in [6.07, 6.45) is 3.39. The Balaban J connectivity index is 1.40. The molecular weight excluding hydrogens is 327 g/mol. The van der Waals surface area contributed by atoms with Crippen LogP contribution < -0.4 is 10.2 Å². The van der Waals surface area contributed by atoms with Gasteiger partial charge in [0, 0.05) is 25.8 Å². The Labute approximate surface area is 152 Å². The maximum atomic E-state index is 13.7. The lowest BCUT2D eigenvalue weighted by Gasteiger charge is -2.28. The number of aromatic nitrogens is 2. The van der Waals surface area contributed by atoms with E-state index in [0.717, 1.165) is 31.3 Å². The van der Waals surface area contributed by atoms with Crippen molar-refractivity contribution < 1.29 is 4.39 Å². The smallest absolute Gasteiger partial charge is 0.227 e. The van der Waals surface area contributed by atoms with E-state index in [2.05, 4.69) is 44.5 Å². The molecule has 132 valence electrons. The number of rotatable bonds is 5. The molecule has 0 saturated carbocycles. The third kappa shape index (κ3) is 3.67. The van der Waals surface area contributed by atoms with Gasteiger partial charge < -0.3 is 10.2 Å². The molecule has 2 heterocycles. The van der Waals surface area contributed by atoms with Crippen LogP contribution in [0.4, 0.5) is 16.2 Å². The summed E-state index contributed by atoms with van der Waals surface area (Å²) in [5, 5.41) is 3.27. The molecule has 26 heavy (non-hydrogen) atoms. The molecule has 0 fully saturated rings. The van der Waals surface area contributed by atoms with Crippen molar-refractivity contribution in [3.8, 4) is 0 Å². The van der Waals surface area contributed by atoms with Crippen LogP contribution >= 0.6 is 0 Å². The fourth-order valence-corrected chi connectivity index (χ4v) is 3.29. The highest BCUT2D eigenvalue weighted by Crippen LogP contribution is 2.22. The van der Waals surface area contributed by atoms with Crippen LogP contribution in [0.25, 0.3) is 0 Å². The topological polar surface area (TPSA) is 41.1 Å². The van der Waals surface area contributed by atoms with E-state index in [1.165, 1.54) is 17.2 Å². The molecule has 1 N–H and O–H groups in total. The Morgan fingerprint density at radius 2 is 1.81 bits per heavy atom. The van der Waals surface area contributed by atoms with Gasteiger partial charge in [0.2, 0.25) is 5.95 Å². The lowest BCUT2D eigenvalue weighted by atomic mass is 10.0. The SMILES string of the molecule is Fc1ccccc1CCNc1ccnc(N2CCc3ccccc3C2)n1. The van der Waals surface area contributed by atoms with Crippen LogP contribution in [0.2, 0.25) is 0 Å². The molecule has 0 spiro atoms. The van der Waals surface area contributed by atoms with Gasteiger partial charge in [-0.3, -0.25) is 0 Å². The summed E-state index contributed by atoms with van der Waals surface area (Å²) in [4.78, 5) is 11.3. The average Bonchev–Trinajstić information content (AvgIpc) is 2.69. The molecule has 0 aliphatic carbocycles. The zero-order valence-electron chi connectivity index (χ0n) is 14.5. The summed E-state index contributed by atoms with van der Waals surface area (Å²) in [7, 11) is 0. The van der Waals surface area contributed by atoms with E-state index in [9.17, 15) is 4.39 Å². The second-order valence-corrected chi connectivity index (χ2v) is 6.45. The van der Waals surface area contributed by atoms with E-state index in [-0.39, 0.29) is 5.82 Å². The molecule has 1 aliphatic heterocycles. The second-order valence-electron chi connectivity index (χ2n) is 6.45. The quantitative estimate of drug-likeness (QED) is 0.761. The third-order valence-electron chi connectivity index (χ3n) is 4.71. The maximum Gasteiger partial charge on any atom is 0.227 e. The largest absolute Gasteiger partial charge is 0.370 e. The number of hydrogen-bond donors (Lipinski definition) is 1. The summed E-state index contributed by atoms with van der Waals surface area (Å²) in [5.74, 6) is 1.34. The fourth-order valence-electron chi connectivity index (χ4n) is 3.29. The van der Waals surface area contributed by atoms with Crippen molar-refractivity contribution in [1.82, 2.24) is 9.97 Å². The molecule has 0 atom stereocenters. The highest BCUT2D eigenvalue weighted by atomic mass is 19.1.